The van der Waals surface area contributed by atoms with Gasteiger partial charge in [0.15, 0.2) is 0 Å². The van der Waals surface area contributed by atoms with Gasteiger partial charge >= 0.3 is 0 Å². The van der Waals surface area contributed by atoms with Crippen molar-refractivity contribution in [2.75, 3.05) is 5.73 Å². The van der Waals surface area contributed by atoms with Crippen LogP contribution in [0.1, 0.15) is 41.9 Å². The number of aryl methyl sites for hydroxylation is 2. The van der Waals surface area contributed by atoms with Crippen LogP contribution in [0, 0.1) is 13.8 Å². The minimum atomic E-state index is 0.540. The maximum atomic E-state index is 6.18. The Balaban J connectivity index is 2.46. The number of nitrogens with two attached hydrogens (primary N) is 1. The average molecular weight is 201 g/mol. The second-order valence-electron chi connectivity index (χ2n) is 4.49. The summed E-state index contributed by atoms with van der Waals surface area (Å²) in [5, 5.41) is 0. The van der Waals surface area contributed by atoms with Crippen LogP contribution in [-0.2, 0) is 0 Å². The van der Waals surface area contributed by atoms with E-state index in [2.05, 4.69) is 38.1 Å². The van der Waals surface area contributed by atoms with Crippen LogP contribution in [0.2, 0.25) is 0 Å². The van der Waals surface area contributed by atoms with Crippen LogP contribution in [0.25, 0.3) is 0 Å². The third-order valence-corrected chi connectivity index (χ3v) is 3.35. The molecule has 1 nitrogen and oxygen atoms in total. The number of benzene rings is 1. The van der Waals surface area contributed by atoms with Gasteiger partial charge in [0.2, 0.25) is 0 Å². The molecule has 0 heterocycles. The molecule has 0 spiro atoms. The fourth-order valence-electron chi connectivity index (χ4n) is 2.40. The van der Waals surface area contributed by atoms with Crippen LogP contribution in [0.3, 0.4) is 0 Å². The summed E-state index contributed by atoms with van der Waals surface area (Å²) in [6.45, 7) is 4.25. The van der Waals surface area contributed by atoms with Crippen LogP contribution in [-0.4, -0.2) is 0 Å². The lowest BCUT2D eigenvalue weighted by molar-refractivity contribution is 0.653. The monoisotopic (exact) mass is 201 g/mol. The quantitative estimate of drug-likeness (QED) is 0.544. The molecule has 1 heteroatoms. The number of allylic oxidation sites excluding steroid dienone is 2. The molecule has 80 valence electrons. The van der Waals surface area contributed by atoms with Crippen LogP contribution in [0.4, 0.5) is 5.69 Å². The fourth-order valence-corrected chi connectivity index (χ4v) is 2.40. The highest BCUT2D eigenvalue weighted by Crippen LogP contribution is 2.34. The van der Waals surface area contributed by atoms with Crippen molar-refractivity contribution in [1.29, 1.82) is 0 Å². The van der Waals surface area contributed by atoms with E-state index in [9.17, 15) is 0 Å². The van der Waals surface area contributed by atoms with E-state index in [4.69, 9.17) is 5.73 Å². The van der Waals surface area contributed by atoms with Crippen molar-refractivity contribution >= 4 is 5.69 Å². The van der Waals surface area contributed by atoms with Crippen molar-refractivity contribution in [1.82, 2.24) is 0 Å². The predicted octanol–water partition coefficient (Wildman–Crippen LogP) is 3.71. The average Bonchev–Trinajstić information content (AvgIpc) is 2.26. The molecule has 2 rings (SSSR count). The lowest BCUT2D eigenvalue weighted by Gasteiger charge is -2.21. The fraction of sp³-hybridized carbons (Fsp3) is 0.429. The molecule has 0 fully saturated rings. The number of hydrogen-bond donors (Lipinski definition) is 1. The maximum Gasteiger partial charge on any atom is 0.0385 e. The number of hydrogen-bond acceptors (Lipinski definition) is 1. The van der Waals surface area contributed by atoms with Crippen molar-refractivity contribution < 1.29 is 0 Å². The Kier molecular flexibility index (Phi) is 2.81. The Bertz CT molecular complexity index is 391. The third-order valence-electron chi connectivity index (χ3n) is 3.35. The van der Waals surface area contributed by atoms with E-state index in [1.165, 1.54) is 36.0 Å². The number of rotatable bonds is 1. The van der Waals surface area contributed by atoms with Gasteiger partial charge in [0.05, 0.1) is 0 Å². The molecule has 1 unspecified atom stereocenters. The Morgan fingerprint density at radius 1 is 1.20 bits per heavy atom. The zero-order valence-corrected chi connectivity index (χ0v) is 9.59. The highest BCUT2D eigenvalue weighted by Gasteiger charge is 2.16. The summed E-state index contributed by atoms with van der Waals surface area (Å²) in [5.41, 5.74) is 11.1. The minimum absolute atomic E-state index is 0.540. The second kappa shape index (κ2) is 4.09. The molecular weight excluding hydrogens is 182 g/mol. The van der Waals surface area contributed by atoms with Crippen molar-refractivity contribution in [3.05, 3.63) is 41.0 Å². The molecule has 15 heavy (non-hydrogen) atoms. The van der Waals surface area contributed by atoms with E-state index in [0.717, 1.165) is 5.69 Å². The van der Waals surface area contributed by atoms with Gasteiger partial charge in [-0.3, -0.25) is 0 Å². The molecule has 1 aromatic carbocycles. The predicted molar refractivity (Wildman–Crippen MR) is 66.1 cm³/mol. The molecule has 1 aliphatic carbocycles. The summed E-state index contributed by atoms with van der Waals surface area (Å²) in [4.78, 5) is 0. The first kappa shape index (κ1) is 10.3. The number of anilines is 1. The molecule has 0 saturated heterocycles. The summed E-state index contributed by atoms with van der Waals surface area (Å²) >= 11 is 0. The van der Waals surface area contributed by atoms with Crippen LogP contribution in [0.5, 0.6) is 0 Å². The highest BCUT2D eigenvalue weighted by atomic mass is 14.6. The lowest BCUT2D eigenvalue weighted by atomic mass is 9.85. The van der Waals surface area contributed by atoms with Crippen molar-refractivity contribution in [3.63, 3.8) is 0 Å². The third kappa shape index (κ3) is 1.92. The molecule has 0 aromatic heterocycles. The van der Waals surface area contributed by atoms with Gasteiger partial charge in [-0.05, 0) is 49.8 Å². The molecule has 1 aliphatic rings. The summed E-state index contributed by atoms with van der Waals surface area (Å²) < 4.78 is 0. The van der Waals surface area contributed by atoms with Crippen LogP contribution in [0.15, 0.2) is 24.3 Å². The van der Waals surface area contributed by atoms with Crippen LogP contribution >= 0.6 is 0 Å². The van der Waals surface area contributed by atoms with E-state index < -0.39 is 0 Å². The molecule has 1 atom stereocenters. The van der Waals surface area contributed by atoms with Crippen molar-refractivity contribution in [2.45, 2.75) is 39.0 Å². The largest absolute Gasteiger partial charge is 0.398 e. The van der Waals surface area contributed by atoms with Gasteiger partial charge in [-0.2, -0.15) is 0 Å². The molecule has 1 aromatic rings. The molecule has 0 bridgehead atoms. The Hall–Kier alpha value is -1.24. The van der Waals surface area contributed by atoms with Gasteiger partial charge in [-0.1, -0.05) is 24.3 Å². The van der Waals surface area contributed by atoms with Crippen molar-refractivity contribution in [2.24, 2.45) is 0 Å². The molecule has 0 aliphatic heterocycles. The van der Waals surface area contributed by atoms with E-state index in [0.29, 0.717) is 5.92 Å². The van der Waals surface area contributed by atoms with Gasteiger partial charge in [0.1, 0.15) is 0 Å². The topological polar surface area (TPSA) is 26.0 Å². The first-order valence-corrected chi connectivity index (χ1v) is 5.72. The Morgan fingerprint density at radius 2 is 1.93 bits per heavy atom. The lowest BCUT2D eigenvalue weighted by Crippen LogP contribution is -2.07. The van der Waals surface area contributed by atoms with Gasteiger partial charge in [-0.15, -0.1) is 0 Å². The molecule has 2 N–H and O–H groups in total. The van der Waals surface area contributed by atoms with E-state index in [1.54, 1.807) is 0 Å². The zero-order chi connectivity index (χ0) is 10.8. The van der Waals surface area contributed by atoms with E-state index in [-0.39, 0.29) is 0 Å². The summed E-state index contributed by atoms with van der Waals surface area (Å²) in [6, 6.07) is 4.30. The molecule has 0 saturated carbocycles. The van der Waals surface area contributed by atoms with Gasteiger partial charge in [0, 0.05) is 11.6 Å². The van der Waals surface area contributed by atoms with Gasteiger partial charge in [-0.25, -0.2) is 0 Å². The van der Waals surface area contributed by atoms with E-state index >= 15 is 0 Å². The first-order valence-electron chi connectivity index (χ1n) is 5.72. The second-order valence-corrected chi connectivity index (χ2v) is 4.49. The molecule has 0 radical (unpaired) electrons. The summed E-state index contributed by atoms with van der Waals surface area (Å²) in [7, 11) is 0. The summed E-state index contributed by atoms with van der Waals surface area (Å²) in [6.07, 6.45) is 8.36. The highest BCUT2D eigenvalue weighted by molar-refractivity contribution is 5.59. The number of nitrogen functional groups attached to an aromatic ring is 1. The molecular formula is C14H19N. The summed E-state index contributed by atoms with van der Waals surface area (Å²) in [5.74, 6) is 0.540. The first-order chi connectivity index (χ1) is 7.20. The zero-order valence-electron chi connectivity index (χ0n) is 9.59. The van der Waals surface area contributed by atoms with Gasteiger partial charge in [0.25, 0.3) is 0 Å². The SMILES string of the molecule is Cc1ccc(C)c(C2C=CCCC2)c1N. The normalized spacial score (nSPS) is 20.5. The Morgan fingerprint density at radius 3 is 2.60 bits per heavy atom. The van der Waals surface area contributed by atoms with Gasteiger partial charge < -0.3 is 5.73 Å². The molecule has 0 amide bonds. The van der Waals surface area contributed by atoms with Crippen molar-refractivity contribution in [3.8, 4) is 0 Å². The Labute approximate surface area is 92.0 Å². The van der Waals surface area contributed by atoms with Crippen LogP contribution < -0.4 is 5.73 Å². The standard InChI is InChI=1S/C14H19N/c1-10-8-9-11(2)14(15)13(10)12-6-4-3-5-7-12/h4,6,8-9,12H,3,5,7,15H2,1-2H3. The van der Waals surface area contributed by atoms with E-state index in [1.807, 2.05) is 0 Å². The minimum Gasteiger partial charge on any atom is -0.398 e. The maximum absolute atomic E-state index is 6.18. The smallest absolute Gasteiger partial charge is 0.0385 e.